The predicted molar refractivity (Wildman–Crippen MR) is 64.4 cm³/mol. The summed E-state index contributed by atoms with van der Waals surface area (Å²) in [5, 5.41) is 8.53. The molecule has 0 aromatic rings. The number of hydrogen-bond acceptors (Lipinski definition) is 1. The van der Waals surface area contributed by atoms with Crippen molar-refractivity contribution in [1.82, 2.24) is 0 Å². The first kappa shape index (κ1) is 13.3. The third-order valence-corrected chi connectivity index (χ3v) is 9.05. The number of nitriles is 1. The van der Waals surface area contributed by atoms with E-state index in [0.717, 1.165) is 12.5 Å². The predicted octanol–water partition coefficient (Wildman–Crippen LogP) is 3.73. The Kier molecular flexibility index (Phi) is 5.58. The van der Waals surface area contributed by atoms with Gasteiger partial charge in [-0.3, -0.25) is 0 Å². The maximum absolute atomic E-state index is 8.53. The van der Waals surface area contributed by atoms with Crippen LogP contribution in [0.4, 0.5) is 0 Å². The van der Waals surface area contributed by atoms with Crippen LogP contribution in [0.1, 0.15) is 40.5 Å². The molecule has 0 aromatic heterocycles. The fourth-order valence-corrected chi connectivity index (χ4v) is 6.17. The van der Waals surface area contributed by atoms with Crippen molar-refractivity contribution in [3.8, 4) is 18.0 Å². The van der Waals surface area contributed by atoms with Crippen molar-refractivity contribution >= 4 is 8.07 Å². The quantitative estimate of drug-likeness (QED) is 0.383. The molecule has 0 unspecified atom stereocenters. The highest BCUT2D eigenvalue weighted by Crippen LogP contribution is 2.36. The molecule has 0 aliphatic rings. The number of terminal acetylenes is 1. The number of rotatable bonds is 5. The summed E-state index contributed by atoms with van der Waals surface area (Å²) < 4.78 is 0. The Morgan fingerprint density at radius 1 is 1.21 bits per heavy atom. The van der Waals surface area contributed by atoms with Crippen molar-refractivity contribution in [2.24, 2.45) is 0 Å². The molecule has 0 aromatic carbocycles. The first-order chi connectivity index (χ1) is 6.51. The minimum absolute atomic E-state index is 0.617. The molecule has 1 nitrogen and oxygen atoms in total. The second-order valence-electron chi connectivity index (χ2n) is 4.51. The smallest absolute Gasteiger partial charge is 0.143 e. The molecule has 0 amide bonds. The fourth-order valence-electron chi connectivity index (χ4n) is 2.11. The van der Waals surface area contributed by atoms with Gasteiger partial charge in [0.1, 0.15) is 8.07 Å². The van der Waals surface area contributed by atoms with Gasteiger partial charge in [-0.1, -0.05) is 27.7 Å². The van der Waals surface area contributed by atoms with Crippen LogP contribution in [0.3, 0.4) is 0 Å². The van der Waals surface area contributed by atoms with E-state index < -0.39 is 8.07 Å². The van der Waals surface area contributed by atoms with Gasteiger partial charge in [-0.25, -0.2) is 0 Å². The summed E-state index contributed by atoms with van der Waals surface area (Å²) in [7, 11) is -1.58. The van der Waals surface area contributed by atoms with Crippen LogP contribution in [-0.2, 0) is 0 Å². The van der Waals surface area contributed by atoms with E-state index in [-0.39, 0.29) is 0 Å². The van der Waals surface area contributed by atoms with Gasteiger partial charge in [-0.2, -0.15) is 5.26 Å². The van der Waals surface area contributed by atoms with Gasteiger partial charge in [0.15, 0.2) is 0 Å². The lowest BCUT2D eigenvalue weighted by atomic mass is 10.4. The Labute approximate surface area is 89.5 Å². The molecule has 0 bridgehead atoms. The summed E-state index contributed by atoms with van der Waals surface area (Å²) in [6.07, 6.45) is 7.34. The zero-order chi connectivity index (χ0) is 11.2. The molecule has 78 valence electrons. The van der Waals surface area contributed by atoms with Gasteiger partial charge in [0.25, 0.3) is 0 Å². The van der Waals surface area contributed by atoms with Crippen LogP contribution in [0.25, 0.3) is 0 Å². The topological polar surface area (TPSA) is 23.8 Å². The molecule has 0 saturated heterocycles. The lowest BCUT2D eigenvalue weighted by Crippen LogP contribution is -2.39. The minimum Gasteiger partial charge on any atom is -0.198 e. The zero-order valence-electron chi connectivity index (χ0n) is 9.80. The van der Waals surface area contributed by atoms with Crippen molar-refractivity contribution in [3.63, 3.8) is 0 Å². The van der Waals surface area contributed by atoms with Crippen LogP contribution in [0.15, 0.2) is 0 Å². The van der Waals surface area contributed by atoms with Gasteiger partial charge in [0.05, 0.1) is 6.07 Å². The maximum Gasteiger partial charge on any atom is 0.143 e. The lowest BCUT2D eigenvalue weighted by Gasteiger charge is -2.33. The summed E-state index contributed by atoms with van der Waals surface area (Å²) in [5.74, 6) is 0. The SMILES string of the molecule is C#C[Si](CCCC#N)(C(C)C)C(C)C. The van der Waals surface area contributed by atoms with Gasteiger partial charge in [0.2, 0.25) is 0 Å². The molecular weight excluding hydrogens is 186 g/mol. The third kappa shape index (κ3) is 2.89. The molecule has 0 aliphatic carbocycles. The Hall–Kier alpha value is -0.733. The summed E-state index contributed by atoms with van der Waals surface area (Å²) in [6.45, 7) is 8.94. The van der Waals surface area contributed by atoms with Crippen LogP contribution >= 0.6 is 0 Å². The highest BCUT2D eigenvalue weighted by atomic mass is 28.3. The molecule has 0 N–H and O–H groups in total. The molecule has 14 heavy (non-hydrogen) atoms. The molecule has 0 fully saturated rings. The van der Waals surface area contributed by atoms with E-state index in [1.54, 1.807) is 0 Å². The minimum atomic E-state index is -1.58. The van der Waals surface area contributed by atoms with Gasteiger partial charge < -0.3 is 0 Å². The van der Waals surface area contributed by atoms with E-state index in [1.807, 2.05) is 0 Å². The Morgan fingerprint density at radius 3 is 2.00 bits per heavy atom. The van der Waals surface area contributed by atoms with Gasteiger partial charge in [-0.05, 0) is 23.5 Å². The molecule has 0 aliphatic heterocycles. The number of nitrogens with zero attached hydrogens (tertiary/aromatic N) is 1. The van der Waals surface area contributed by atoms with Crippen LogP contribution in [-0.4, -0.2) is 8.07 Å². The van der Waals surface area contributed by atoms with Crippen molar-refractivity contribution in [2.45, 2.75) is 57.7 Å². The highest BCUT2D eigenvalue weighted by molar-refractivity contribution is 6.89. The monoisotopic (exact) mass is 207 g/mol. The van der Waals surface area contributed by atoms with Gasteiger partial charge >= 0.3 is 0 Å². The molecule has 0 rings (SSSR count). The second-order valence-corrected chi connectivity index (χ2v) is 9.68. The van der Waals surface area contributed by atoms with Gasteiger partial charge in [-0.15, -0.1) is 12.0 Å². The average Bonchev–Trinajstić information content (AvgIpc) is 2.11. The molecule has 0 atom stereocenters. The summed E-state index contributed by atoms with van der Waals surface area (Å²) >= 11 is 0. The molecule has 0 heterocycles. The zero-order valence-corrected chi connectivity index (χ0v) is 10.8. The van der Waals surface area contributed by atoms with E-state index in [2.05, 4.69) is 39.3 Å². The van der Waals surface area contributed by atoms with E-state index >= 15 is 0 Å². The van der Waals surface area contributed by atoms with Crippen LogP contribution < -0.4 is 0 Å². The van der Waals surface area contributed by atoms with Crippen LogP contribution in [0.2, 0.25) is 17.1 Å². The fraction of sp³-hybridized carbons (Fsp3) is 0.750. The first-order valence-electron chi connectivity index (χ1n) is 5.36. The van der Waals surface area contributed by atoms with Gasteiger partial charge in [0, 0.05) is 6.42 Å². The third-order valence-electron chi connectivity index (χ3n) is 3.21. The van der Waals surface area contributed by atoms with Crippen molar-refractivity contribution in [1.29, 1.82) is 5.26 Å². The molecule has 0 radical (unpaired) electrons. The second kappa shape index (κ2) is 5.88. The van der Waals surface area contributed by atoms with Crippen molar-refractivity contribution in [3.05, 3.63) is 0 Å². The summed E-state index contributed by atoms with van der Waals surface area (Å²) in [5.41, 5.74) is 4.34. The number of unbranched alkanes of at least 4 members (excludes halogenated alkanes) is 1. The van der Waals surface area contributed by atoms with Crippen LogP contribution in [0, 0.1) is 23.3 Å². The van der Waals surface area contributed by atoms with E-state index in [9.17, 15) is 0 Å². The summed E-state index contributed by atoms with van der Waals surface area (Å²) in [4.78, 5) is 0. The molecule has 0 spiro atoms. The highest BCUT2D eigenvalue weighted by Gasteiger charge is 2.37. The van der Waals surface area contributed by atoms with Crippen LogP contribution in [0.5, 0.6) is 0 Å². The molecule has 2 heteroatoms. The Balaban J connectivity index is 4.56. The first-order valence-corrected chi connectivity index (χ1v) is 7.72. The Morgan fingerprint density at radius 2 is 1.71 bits per heavy atom. The molecular formula is C12H21NSi. The summed E-state index contributed by atoms with van der Waals surface area (Å²) in [6, 6.07) is 3.30. The van der Waals surface area contributed by atoms with E-state index in [1.165, 1.54) is 0 Å². The average molecular weight is 207 g/mol. The van der Waals surface area contributed by atoms with Crippen molar-refractivity contribution < 1.29 is 0 Å². The normalized spacial score (nSPS) is 11.4. The van der Waals surface area contributed by atoms with Crippen molar-refractivity contribution in [2.75, 3.05) is 0 Å². The van der Waals surface area contributed by atoms with E-state index in [0.29, 0.717) is 17.5 Å². The largest absolute Gasteiger partial charge is 0.198 e. The lowest BCUT2D eigenvalue weighted by molar-refractivity contribution is 0.849. The molecule has 0 saturated carbocycles. The maximum atomic E-state index is 8.53. The van der Waals surface area contributed by atoms with E-state index in [4.69, 9.17) is 11.7 Å². The number of hydrogen-bond donors (Lipinski definition) is 0. The standard InChI is InChI=1S/C12H21NSi/c1-6-14(11(2)3,12(4)5)10-8-7-9-13/h1,11-12H,7-8,10H2,2-5H3. The Bertz CT molecular complexity index is 234.